The Morgan fingerprint density at radius 3 is 2.65 bits per heavy atom. The minimum absolute atomic E-state index is 0.269. The first-order chi connectivity index (χ1) is 11.1. The van der Waals surface area contributed by atoms with Crippen LogP contribution < -0.4 is 5.69 Å². The van der Waals surface area contributed by atoms with Crippen LogP contribution in [0.15, 0.2) is 45.9 Å². The number of rotatable bonds is 2. The molecule has 0 unspecified atom stereocenters. The molecule has 23 heavy (non-hydrogen) atoms. The number of imidazole rings is 1. The zero-order valence-corrected chi connectivity index (χ0v) is 12.9. The number of nitrogens with one attached hydrogen (secondary N) is 2. The number of benzene rings is 2. The number of aromatic amines is 2. The van der Waals surface area contributed by atoms with Gasteiger partial charge in [0.2, 0.25) is 12.3 Å². The Morgan fingerprint density at radius 2 is 1.87 bits per heavy atom. The highest BCUT2D eigenvalue weighted by Crippen LogP contribution is 2.40. The molecule has 0 atom stereocenters. The number of fused-ring (bicyclic) bond motifs is 1. The normalized spacial score (nSPS) is 11.2. The molecule has 0 radical (unpaired) electrons. The SMILES string of the molecule is O=c1[nH]c2ccc(-c3c(Cl)ccc(-c4nnco4)c3Cl)cc2[nH]1. The average Bonchev–Trinajstić information content (AvgIpc) is 3.15. The lowest BCUT2D eigenvalue weighted by molar-refractivity contribution is 0.568. The van der Waals surface area contributed by atoms with Crippen LogP contribution in [0.4, 0.5) is 0 Å². The Bertz CT molecular complexity index is 1070. The van der Waals surface area contributed by atoms with Gasteiger partial charge in [0, 0.05) is 10.6 Å². The van der Waals surface area contributed by atoms with Crippen molar-refractivity contribution in [2.75, 3.05) is 0 Å². The minimum atomic E-state index is -0.269. The lowest BCUT2D eigenvalue weighted by Crippen LogP contribution is -1.99. The predicted octanol–water partition coefficient (Wildman–Crippen LogP) is 3.88. The molecule has 0 spiro atoms. The van der Waals surface area contributed by atoms with Crippen LogP contribution in [0.5, 0.6) is 0 Å². The molecule has 0 saturated carbocycles. The monoisotopic (exact) mass is 346 g/mol. The maximum absolute atomic E-state index is 11.4. The first kappa shape index (κ1) is 14.0. The largest absolute Gasteiger partial charge is 0.423 e. The van der Waals surface area contributed by atoms with Gasteiger partial charge in [0.25, 0.3) is 0 Å². The van der Waals surface area contributed by atoms with Crippen LogP contribution in [-0.4, -0.2) is 20.2 Å². The molecule has 8 heteroatoms. The van der Waals surface area contributed by atoms with Crippen molar-refractivity contribution in [3.05, 3.63) is 57.3 Å². The van der Waals surface area contributed by atoms with Gasteiger partial charge in [-0.05, 0) is 29.8 Å². The number of H-pyrrole nitrogens is 2. The number of halogens is 2. The highest BCUT2D eigenvalue weighted by atomic mass is 35.5. The van der Waals surface area contributed by atoms with Crippen molar-refractivity contribution in [2.45, 2.75) is 0 Å². The molecule has 0 aliphatic carbocycles. The summed E-state index contributed by atoms with van der Waals surface area (Å²) >= 11 is 12.8. The van der Waals surface area contributed by atoms with E-state index in [0.29, 0.717) is 38.1 Å². The first-order valence-electron chi connectivity index (χ1n) is 6.60. The molecule has 0 saturated heterocycles. The van der Waals surface area contributed by atoms with E-state index in [1.807, 2.05) is 6.07 Å². The Balaban J connectivity index is 1.96. The van der Waals surface area contributed by atoms with Gasteiger partial charge in [-0.1, -0.05) is 29.3 Å². The molecule has 0 fully saturated rings. The zero-order chi connectivity index (χ0) is 16.0. The van der Waals surface area contributed by atoms with Crippen molar-refractivity contribution in [1.29, 1.82) is 0 Å². The summed E-state index contributed by atoms with van der Waals surface area (Å²) in [7, 11) is 0. The Morgan fingerprint density at radius 1 is 1.04 bits per heavy atom. The fraction of sp³-hybridized carbons (Fsp3) is 0. The van der Waals surface area contributed by atoms with Crippen LogP contribution in [0.2, 0.25) is 10.0 Å². The third-order valence-electron chi connectivity index (χ3n) is 3.49. The van der Waals surface area contributed by atoms with Gasteiger partial charge in [-0.2, -0.15) is 0 Å². The summed E-state index contributed by atoms with van der Waals surface area (Å²) in [5.41, 5.74) is 3.10. The van der Waals surface area contributed by atoms with E-state index < -0.39 is 0 Å². The Kier molecular flexibility index (Phi) is 3.21. The topological polar surface area (TPSA) is 87.6 Å². The smallest absolute Gasteiger partial charge is 0.323 e. The maximum atomic E-state index is 11.4. The number of nitrogens with zero attached hydrogens (tertiary/aromatic N) is 2. The van der Waals surface area contributed by atoms with Crippen molar-refractivity contribution in [3.8, 4) is 22.6 Å². The van der Waals surface area contributed by atoms with Crippen molar-refractivity contribution in [1.82, 2.24) is 20.2 Å². The fourth-order valence-electron chi connectivity index (χ4n) is 2.46. The van der Waals surface area contributed by atoms with Crippen molar-refractivity contribution in [2.24, 2.45) is 0 Å². The highest BCUT2D eigenvalue weighted by Gasteiger charge is 2.17. The second-order valence-corrected chi connectivity index (χ2v) is 5.65. The minimum Gasteiger partial charge on any atom is -0.423 e. The van der Waals surface area contributed by atoms with Gasteiger partial charge in [0.15, 0.2) is 0 Å². The molecule has 6 nitrogen and oxygen atoms in total. The molecular formula is C15H8Cl2N4O2. The molecule has 2 aromatic carbocycles. The molecule has 2 heterocycles. The molecule has 0 bridgehead atoms. The van der Waals surface area contributed by atoms with Gasteiger partial charge in [0.05, 0.1) is 21.6 Å². The number of hydrogen-bond acceptors (Lipinski definition) is 4. The van der Waals surface area contributed by atoms with Gasteiger partial charge in [-0.3, -0.25) is 0 Å². The summed E-state index contributed by atoms with van der Waals surface area (Å²) < 4.78 is 5.20. The molecule has 2 aromatic heterocycles. The van der Waals surface area contributed by atoms with Gasteiger partial charge in [0.1, 0.15) is 0 Å². The third-order valence-corrected chi connectivity index (χ3v) is 4.19. The lowest BCUT2D eigenvalue weighted by Gasteiger charge is -2.10. The third kappa shape index (κ3) is 2.32. The van der Waals surface area contributed by atoms with E-state index in [2.05, 4.69) is 20.2 Å². The molecule has 4 rings (SSSR count). The standard InChI is InChI=1S/C15H8Cl2N4O2/c16-9-3-2-8(14-21-18-6-23-14)13(17)12(9)7-1-4-10-11(5-7)20-15(22)19-10/h1-6H,(H2,19,20,22). The second-order valence-electron chi connectivity index (χ2n) is 4.87. The number of aromatic nitrogens is 4. The predicted molar refractivity (Wildman–Crippen MR) is 87.7 cm³/mol. The van der Waals surface area contributed by atoms with Crippen LogP contribution in [0, 0.1) is 0 Å². The molecular weight excluding hydrogens is 339 g/mol. The van der Waals surface area contributed by atoms with Crippen LogP contribution in [0.3, 0.4) is 0 Å². The summed E-state index contributed by atoms with van der Waals surface area (Å²) in [5.74, 6) is 0.309. The van der Waals surface area contributed by atoms with E-state index in [-0.39, 0.29) is 5.69 Å². The molecule has 0 aliphatic heterocycles. The fourth-order valence-corrected chi connectivity index (χ4v) is 3.13. The maximum Gasteiger partial charge on any atom is 0.323 e. The summed E-state index contributed by atoms with van der Waals surface area (Å²) in [4.78, 5) is 16.8. The molecule has 0 amide bonds. The quantitative estimate of drug-likeness (QED) is 0.576. The summed E-state index contributed by atoms with van der Waals surface area (Å²) in [6, 6.07) is 8.86. The van der Waals surface area contributed by atoms with E-state index in [0.717, 1.165) is 5.56 Å². The molecule has 114 valence electrons. The first-order valence-corrected chi connectivity index (χ1v) is 7.36. The van der Waals surface area contributed by atoms with Crippen molar-refractivity contribution in [3.63, 3.8) is 0 Å². The van der Waals surface area contributed by atoms with E-state index in [4.69, 9.17) is 27.6 Å². The van der Waals surface area contributed by atoms with Gasteiger partial charge >= 0.3 is 5.69 Å². The highest BCUT2D eigenvalue weighted by molar-refractivity contribution is 6.41. The van der Waals surface area contributed by atoms with E-state index in [9.17, 15) is 4.79 Å². The van der Waals surface area contributed by atoms with E-state index >= 15 is 0 Å². The van der Waals surface area contributed by atoms with Crippen LogP contribution in [0.1, 0.15) is 0 Å². The van der Waals surface area contributed by atoms with E-state index in [1.165, 1.54) is 6.39 Å². The number of hydrogen-bond donors (Lipinski definition) is 2. The summed E-state index contributed by atoms with van der Waals surface area (Å²) in [6.07, 6.45) is 1.23. The second kappa shape index (κ2) is 5.26. The lowest BCUT2D eigenvalue weighted by atomic mass is 10.0. The van der Waals surface area contributed by atoms with Crippen LogP contribution >= 0.6 is 23.2 Å². The van der Waals surface area contributed by atoms with Gasteiger partial charge in [-0.15, -0.1) is 10.2 Å². The molecule has 0 aliphatic rings. The molecule has 4 aromatic rings. The van der Waals surface area contributed by atoms with Crippen molar-refractivity contribution >= 4 is 34.2 Å². The average molecular weight is 347 g/mol. The van der Waals surface area contributed by atoms with Crippen molar-refractivity contribution < 1.29 is 4.42 Å². The summed E-state index contributed by atoms with van der Waals surface area (Å²) in [6.45, 7) is 0. The van der Waals surface area contributed by atoms with Crippen LogP contribution in [-0.2, 0) is 0 Å². The zero-order valence-electron chi connectivity index (χ0n) is 11.4. The Hall–Kier alpha value is -2.57. The van der Waals surface area contributed by atoms with E-state index in [1.54, 1.807) is 24.3 Å². The Labute approximate surface area is 139 Å². The van der Waals surface area contributed by atoms with Gasteiger partial charge in [-0.25, -0.2) is 4.79 Å². The molecule has 2 N–H and O–H groups in total. The van der Waals surface area contributed by atoms with Crippen LogP contribution in [0.25, 0.3) is 33.6 Å². The summed E-state index contributed by atoms with van der Waals surface area (Å²) in [5, 5.41) is 8.41. The van der Waals surface area contributed by atoms with Gasteiger partial charge < -0.3 is 14.4 Å².